The fraction of sp³-hybridized carbons (Fsp3) is 0.318. The Hall–Kier alpha value is -3.13. The van der Waals surface area contributed by atoms with E-state index in [1.54, 1.807) is 30.3 Å². The van der Waals surface area contributed by atoms with E-state index in [0.29, 0.717) is 28.2 Å². The van der Waals surface area contributed by atoms with Crippen LogP contribution >= 0.6 is 11.6 Å². The lowest BCUT2D eigenvalue weighted by atomic mass is 9.39. The minimum Gasteiger partial charge on any atom is -0.485 e. The Bertz CT molecular complexity index is 1100. The first-order valence-corrected chi connectivity index (χ1v) is 10.2. The zero-order chi connectivity index (χ0) is 21.5. The number of benzene rings is 2. The summed E-state index contributed by atoms with van der Waals surface area (Å²) in [6.45, 7) is 0.0332. The molecule has 0 spiro atoms. The van der Waals surface area contributed by atoms with Crippen LogP contribution in [-0.2, 0) is 16.8 Å². The van der Waals surface area contributed by atoms with Crippen molar-refractivity contribution in [2.24, 2.45) is 0 Å². The minimum absolute atomic E-state index is 0.162. The minimum atomic E-state index is -0.406. The standard InChI is InChI=1S/C22H19ClFN3O4/c23-14-4-6-16(7-5-14)29-9-18-25-20(31-27-18)21-11-22(12-21,13-21)26-19(28)10-30-17-3-1-2-15(24)8-17/h1-8H,9-13H2,(H,26,28). The molecule has 2 bridgehead atoms. The number of hydrogen-bond donors (Lipinski definition) is 1. The number of ether oxygens (including phenoxy) is 2. The average molecular weight is 444 g/mol. The molecule has 6 rings (SSSR count). The Balaban J connectivity index is 1.10. The molecule has 3 aliphatic rings. The molecule has 0 aliphatic heterocycles. The van der Waals surface area contributed by atoms with Gasteiger partial charge in [0.1, 0.15) is 17.3 Å². The van der Waals surface area contributed by atoms with E-state index in [2.05, 4.69) is 15.5 Å². The van der Waals surface area contributed by atoms with Crippen LogP contribution in [0.5, 0.6) is 11.5 Å². The smallest absolute Gasteiger partial charge is 0.258 e. The summed E-state index contributed by atoms with van der Waals surface area (Å²) in [5, 5.41) is 7.65. The fourth-order valence-corrected chi connectivity index (χ4v) is 4.52. The van der Waals surface area contributed by atoms with Gasteiger partial charge in [0.2, 0.25) is 11.7 Å². The maximum Gasteiger partial charge on any atom is 0.258 e. The summed E-state index contributed by atoms with van der Waals surface area (Å²) in [5.74, 6) is 1.40. The molecule has 0 saturated heterocycles. The van der Waals surface area contributed by atoms with Crippen molar-refractivity contribution >= 4 is 17.5 Å². The van der Waals surface area contributed by atoms with Crippen molar-refractivity contribution in [1.82, 2.24) is 15.5 Å². The fourth-order valence-electron chi connectivity index (χ4n) is 4.39. The second kappa shape index (κ2) is 7.53. The highest BCUT2D eigenvalue weighted by Gasteiger charge is 2.71. The quantitative estimate of drug-likeness (QED) is 0.569. The number of aromatic nitrogens is 2. The van der Waals surface area contributed by atoms with Gasteiger partial charge < -0.3 is 19.3 Å². The van der Waals surface area contributed by atoms with Gasteiger partial charge in [0.05, 0.1) is 5.41 Å². The summed E-state index contributed by atoms with van der Waals surface area (Å²) in [6, 6.07) is 12.7. The van der Waals surface area contributed by atoms with Crippen LogP contribution in [0.15, 0.2) is 53.1 Å². The summed E-state index contributed by atoms with van der Waals surface area (Å²) in [7, 11) is 0. The number of hydrogen-bond acceptors (Lipinski definition) is 6. The largest absolute Gasteiger partial charge is 0.485 e. The first-order chi connectivity index (χ1) is 14.9. The van der Waals surface area contributed by atoms with E-state index in [1.807, 2.05) is 0 Å². The SMILES string of the molecule is O=C(COc1cccc(F)c1)NC12CC(c3nc(COc4ccc(Cl)cc4)no3)(C1)C2. The summed E-state index contributed by atoms with van der Waals surface area (Å²) in [5.41, 5.74) is -0.432. The Labute approximate surface area is 182 Å². The Morgan fingerprint density at radius 2 is 1.90 bits per heavy atom. The van der Waals surface area contributed by atoms with Gasteiger partial charge in [-0.25, -0.2) is 4.39 Å². The molecule has 3 aromatic rings. The summed E-state index contributed by atoms with van der Waals surface area (Å²) >= 11 is 5.86. The van der Waals surface area contributed by atoms with Gasteiger partial charge in [0.25, 0.3) is 5.91 Å². The van der Waals surface area contributed by atoms with Crippen LogP contribution in [0.1, 0.15) is 31.0 Å². The molecule has 3 aliphatic carbocycles. The number of nitrogens with one attached hydrogen (secondary N) is 1. The van der Waals surface area contributed by atoms with Gasteiger partial charge in [-0.1, -0.05) is 22.8 Å². The lowest BCUT2D eigenvalue weighted by Gasteiger charge is -2.68. The lowest BCUT2D eigenvalue weighted by molar-refractivity contribution is -0.143. The lowest BCUT2D eigenvalue weighted by Crippen LogP contribution is -2.77. The van der Waals surface area contributed by atoms with Crippen LogP contribution in [0.2, 0.25) is 5.02 Å². The van der Waals surface area contributed by atoms with Crippen LogP contribution in [0.25, 0.3) is 0 Å². The molecular weight excluding hydrogens is 425 g/mol. The molecule has 31 heavy (non-hydrogen) atoms. The number of halogens is 2. The average Bonchev–Trinajstić information content (AvgIpc) is 3.16. The van der Waals surface area contributed by atoms with Crippen molar-refractivity contribution < 1.29 is 23.2 Å². The summed E-state index contributed by atoms with van der Waals surface area (Å²) in [4.78, 5) is 16.7. The zero-order valence-electron chi connectivity index (χ0n) is 16.4. The van der Waals surface area contributed by atoms with E-state index in [4.69, 9.17) is 25.6 Å². The van der Waals surface area contributed by atoms with Gasteiger partial charge in [-0.2, -0.15) is 4.98 Å². The van der Waals surface area contributed by atoms with Crippen molar-refractivity contribution in [1.29, 1.82) is 0 Å². The van der Waals surface area contributed by atoms with Gasteiger partial charge in [-0.15, -0.1) is 0 Å². The number of nitrogens with zero attached hydrogens (tertiary/aromatic N) is 2. The number of amides is 1. The molecule has 2 aromatic carbocycles. The monoisotopic (exact) mass is 443 g/mol. The molecule has 3 fully saturated rings. The van der Waals surface area contributed by atoms with E-state index in [9.17, 15) is 9.18 Å². The van der Waals surface area contributed by atoms with Crippen molar-refractivity contribution in [3.8, 4) is 11.5 Å². The van der Waals surface area contributed by atoms with Crippen molar-refractivity contribution in [2.75, 3.05) is 6.61 Å². The predicted octanol–water partition coefficient (Wildman–Crippen LogP) is 3.81. The van der Waals surface area contributed by atoms with Crippen molar-refractivity contribution in [3.63, 3.8) is 0 Å². The molecule has 1 heterocycles. The second-order valence-corrected chi connectivity index (χ2v) is 8.58. The third-order valence-corrected chi connectivity index (χ3v) is 5.96. The predicted molar refractivity (Wildman–Crippen MR) is 108 cm³/mol. The molecule has 0 radical (unpaired) electrons. The highest BCUT2D eigenvalue weighted by Crippen LogP contribution is 2.67. The van der Waals surface area contributed by atoms with Crippen LogP contribution < -0.4 is 14.8 Å². The van der Waals surface area contributed by atoms with Gasteiger partial charge in [0, 0.05) is 16.6 Å². The summed E-state index contributed by atoms with van der Waals surface area (Å²) < 4.78 is 29.6. The summed E-state index contributed by atoms with van der Waals surface area (Å²) in [6.07, 6.45) is 2.22. The number of carbonyl (C=O) groups excluding carboxylic acids is 1. The molecule has 1 amide bonds. The van der Waals surface area contributed by atoms with Crippen LogP contribution in [0.3, 0.4) is 0 Å². The maximum atomic E-state index is 13.2. The Kier molecular flexibility index (Phi) is 4.81. The van der Waals surface area contributed by atoms with Crippen molar-refractivity contribution in [2.45, 2.75) is 36.8 Å². The second-order valence-electron chi connectivity index (χ2n) is 8.14. The highest BCUT2D eigenvalue weighted by molar-refractivity contribution is 6.30. The molecule has 3 saturated carbocycles. The third-order valence-electron chi connectivity index (χ3n) is 5.70. The number of rotatable bonds is 8. The molecule has 9 heteroatoms. The first-order valence-electron chi connectivity index (χ1n) is 9.85. The van der Waals surface area contributed by atoms with E-state index >= 15 is 0 Å². The topological polar surface area (TPSA) is 86.5 Å². The first kappa shape index (κ1) is 19.8. The molecular formula is C22H19ClFN3O4. The molecule has 7 nitrogen and oxygen atoms in total. The Morgan fingerprint density at radius 1 is 1.13 bits per heavy atom. The van der Waals surface area contributed by atoms with Crippen LogP contribution in [0, 0.1) is 5.82 Å². The van der Waals surface area contributed by atoms with Crippen LogP contribution in [0.4, 0.5) is 4.39 Å². The molecule has 160 valence electrons. The molecule has 1 N–H and O–H groups in total. The van der Waals surface area contributed by atoms with Crippen molar-refractivity contribution in [3.05, 3.63) is 71.1 Å². The van der Waals surface area contributed by atoms with Crippen LogP contribution in [-0.4, -0.2) is 28.2 Å². The molecule has 0 atom stereocenters. The van der Waals surface area contributed by atoms with E-state index in [1.165, 1.54) is 18.2 Å². The van der Waals surface area contributed by atoms with Gasteiger partial charge >= 0.3 is 0 Å². The van der Waals surface area contributed by atoms with E-state index in [-0.39, 0.29) is 30.1 Å². The van der Waals surface area contributed by atoms with E-state index < -0.39 is 5.82 Å². The van der Waals surface area contributed by atoms with Gasteiger partial charge in [-0.3, -0.25) is 4.79 Å². The maximum absolute atomic E-state index is 13.2. The van der Waals surface area contributed by atoms with Gasteiger partial charge in [-0.05, 0) is 55.7 Å². The van der Waals surface area contributed by atoms with Gasteiger partial charge in [0.15, 0.2) is 13.2 Å². The molecule has 0 unspecified atom stereocenters. The van der Waals surface area contributed by atoms with E-state index in [0.717, 1.165) is 19.3 Å². The third kappa shape index (κ3) is 3.95. The molecule has 1 aromatic heterocycles. The number of carbonyl (C=O) groups is 1. The normalized spacial score (nSPS) is 23.4. The zero-order valence-corrected chi connectivity index (χ0v) is 17.2. The Morgan fingerprint density at radius 3 is 2.65 bits per heavy atom. The highest BCUT2D eigenvalue weighted by atomic mass is 35.5.